The van der Waals surface area contributed by atoms with Crippen molar-refractivity contribution in [2.45, 2.75) is 31.2 Å². The highest BCUT2D eigenvalue weighted by Gasteiger charge is 2.35. The Hall–Kier alpha value is -4.85. The van der Waals surface area contributed by atoms with Crippen molar-refractivity contribution in [3.63, 3.8) is 0 Å². The lowest BCUT2D eigenvalue weighted by atomic mass is 10.1. The molecule has 0 radical (unpaired) electrons. The summed E-state index contributed by atoms with van der Waals surface area (Å²) in [6.45, 7) is 2.55. The second-order valence-electron chi connectivity index (χ2n) is 10.1. The highest BCUT2D eigenvalue weighted by molar-refractivity contribution is 7.90. The predicted molar refractivity (Wildman–Crippen MR) is 164 cm³/mol. The first-order valence-corrected chi connectivity index (χ1v) is 15.5. The van der Waals surface area contributed by atoms with Crippen LogP contribution in [0.1, 0.15) is 28.5 Å². The van der Waals surface area contributed by atoms with E-state index in [1.807, 2.05) is 12.5 Å². The third kappa shape index (κ3) is 9.59. The third-order valence-corrected chi connectivity index (χ3v) is 7.82. The molecular formula is C30H30F3N6O8S-. The summed E-state index contributed by atoms with van der Waals surface area (Å²) < 4.78 is 78.6. The van der Waals surface area contributed by atoms with Crippen molar-refractivity contribution < 1.29 is 45.5 Å². The first kappa shape index (κ1) is 36.0. The quantitative estimate of drug-likeness (QED) is 0.114. The molecule has 14 nitrogen and oxygen atoms in total. The van der Waals surface area contributed by atoms with Crippen LogP contribution >= 0.6 is 0 Å². The Kier molecular flexibility index (Phi) is 11.5. The van der Waals surface area contributed by atoms with E-state index in [9.17, 15) is 36.4 Å². The van der Waals surface area contributed by atoms with Crippen LogP contribution in [0.3, 0.4) is 0 Å². The number of hydrazine groups is 2. The minimum atomic E-state index is -4.72. The number of nitrogens with zero attached hydrogens (tertiary/aromatic N) is 4. The molecule has 4 rings (SSSR count). The Morgan fingerprint density at radius 3 is 2.29 bits per heavy atom. The molecule has 3 aromatic carbocycles. The molecule has 0 spiro atoms. The normalized spacial score (nSPS) is 12.6. The number of amides is 1. The number of benzene rings is 3. The summed E-state index contributed by atoms with van der Waals surface area (Å²) >= 11 is 0. The van der Waals surface area contributed by atoms with E-state index >= 15 is 0 Å². The standard InChI is InChI=1S/C30H30F3N6O8S/c1-20-9-11-22(12-10-20)26-19-27(30(31,32)33)34-38(26)24-13-15-25(16-14-24)48(43,44)35-29(41)45-18-17-37(3)39(42)36-47-21(2)46-28(40)23-7-5-4-6-8-23/h4-16,19,21,36H,17-18H2,1-3H3,(H,35,41)/q-1. The van der Waals surface area contributed by atoms with Gasteiger partial charge in [0, 0.05) is 19.2 Å². The van der Waals surface area contributed by atoms with Gasteiger partial charge in [0.15, 0.2) is 5.69 Å². The van der Waals surface area contributed by atoms with E-state index in [0.717, 1.165) is 33.5 Å². The molecule has 1 unspecified atom stereocenters. The fourth-order valence-corrected chi connectivity index (χ4v) is 4.87. The number of halogens is 3. The summed E-state index contributed by atoms with van der Waals surface area (Å²) in [7, 11) is -3.16. The van der Waals surface area contributed by atoms with E-state index in [1.54, 1.807) is 47.2 Å². The van der Waals surface area contributed by atoms with Crippen molar-refractivity contribution in [3.8, 4) is 16.9 Å². The first-order valence-electron chi connectivity index (χ1n) is 14.0. The van der Waals surface area contributed by atoms with Gasteiger partial charge in [0.25, 0.3) is 10.0 Å². The Morgan fingerprint density at radius 2 is 1.67 bits per heavy atom. The van der Waals surface area contributed by atoms with E-state index in [4.69, 9.17) is 14.3 Å². The summed E-state index contributed by atoms with van der Waals surface area (Å²) in [6.07, 6.45) is -7.23. The monoisotopic (exact) mass is 691 g/mol. The molecule has 18 heteroatoms. The van der Waals surface area contributed by atoms with Crippen molar-refractivity contribution in [2.24, 2.45) is 0 Å². The molecule has 0 saturated carbocycles. The van der Waals surface area contributed by atoms with Gasteiger partial charge in [0.05, 0.1) is 21.8 Å². The number of hydrogen-bond acceptors (Lipinski definition) is 12. The van der Waals surface area contributed by atoms with Gasteiger partial charge >= 0.3 is 18.2 Å². The lowest BCUT2D eigenvalue weighted by Gasteiger charge is -2.36. The van der Waals surface area contributed by atoms with Crippen molar-refractivity contribution in [2.75, 3.05) is 20.2 Å². The number of esters is 1. The fraction of sp³-hybridized carbons (Fsp3) is 0.233. The molecule has 1 aromatic heterocycles. The van der Waals surface area contributed by atoms with E-state index in [1.165, 1.54) is 38.2 Å². The largest absolute Gasteiger partial charge is 0.756 e. The molecule has 0 aliphatic carbocycles. The van der Waals surface area contributed by atoms with E-state index < -0.39 is 46.9 Å². The molecule has 1 amide bonds. The Balaban J connectivity index is 1.29. The SMILES string of the molecule is Cc1ccc(-c2cc(C(F)(F)F)nn2-c2ccc(S(=O)(=O)NC(=O)OCCN(C)N([O-])NOC(C)OC(=O)c3ccccc3)cc2)cc1. The Morgan fingerprint density at radius 1 is 1.02 bits per heavy atom. The lowest BCUT2D eigenvalue weighted by Crippen LogP contribution is -2.48. The van der Waals surface area contributed by atoms with Gasteiger partial charge in [-0.3, -0.25) is 0 Å². The molecule has 256 valence electrons. The molecular weight excluding hydrogens is 661 g/mol. The predicted octanol–water partition coefficient (Wildman–Crippen LogP) is 4.57. The molecule has 1 atom stereocenters. The highest BCUT2D eigenvalue weighted by Crippen LogP contribution is 2.33. The topological polar surface area (TPSA) is 167 Å². The van der Waals surface area contributed by atoms with E-state index in [-0.39, 0.29) is 33.7 Å². The van der Waals surface area contributed by atoms with Crippen molar-refractivity contribution in [1.82, 2.24) is 30.4 Å². The van der Waals surface area contributed by atoms with Crippen molar-refractivity contribution >= 4 is 22.1 Å². The summed E-state index contributed by atoms with van der Waals surface area (Å²) in [5, 5.41) is 16.9. The number of alkyl halides is 3. The number of sulfonamides is 1. The number of aryl methyl sites for hydroxylation is 1. The molecule has 1 heterocycles. The number of aromatic nitrogens is 2. The zero-order chi connectivity index (χ0) is 35.1. The van der Waals surface area contributed by atoms with Gasteiger partial charge in [-0.2, -0.15) is 18.3 Å². The fourth-order valence-electron chi connectivity index (χ4n) is 3.98. The molecule has 0 aliphatic heterocycles. The van der Waals surface area contributed by atoms with Gasteiger partial charge in [-0.1, -0.05) is 48.0 Å². The van der Waals surface area contributed by atoms with Crippen LogP contribution in [-0.2, 0) is 30.5 Å². The molecule has 0 saturated heterocycles. The minimum Gasteiger partial charge on any atom is -0.756 e. The second-order valence-corrected chi connectivity index (χ2v) is 11.8. The molecule has 0 fully saturated rings. The summed E-state index contributed by atoms with van der Waals surface area (Å²) in [5.41, 5.74) is 2.76. The number of carbonyl (C=O) groups is 2. The van der Waals surface area contributed by atoms with Gasteiger partial charge in [-0.05, 0) is 56.3 Å². The van der Waals surface area contributed by atoms with Crippen LogP contribution in [0, 0.1) is 12.1 Å². The van der Waals surface area contributed by atoms with Gasteiger partial charge in [0.2, 0.25) is 6.29 Å². The van der Waals surface area contributed by atoms with Crippen LogP contribution in [-0.4, -0.2) is 67.0 Å². The summed E-state index contributed by atoms with van der Waals surface area (Å²) in [6, 6.07) is 20.4. The van der Waals surface area contributed by atoms with Crippen LogP contribution in [0.5, 0.6) is 0 Å². The molecule has 48 heavy (non-hydrogen) atoms. The number of ether oxygens (including phenoxy) is 2. The van der Waals surface area contributed by atoms with Crippen LogP contribution in [0.25, 0.3) is 16.9 Å². The van der Waals surface area contributed by atoms with Crippen LogP contribution < -0.4 is 10.3 Å². The zero-order valence-corrected chi connectivity index (χ0v) is 26.5. The van der Waals surface area contributed by atoms with Crippen LogP contribution in [0.15, 0.2) is 89.8 Å². The average Bonchev–Trinajstić information content (AvgIpc) is 3.50. The van der Waals surface area contributed by atoms with Gasteiger partial charge in [-0.25, -0.2) is 42.5 Å². The Labute approximate surface area is 273 Å². The van der Waals surface area contributed by atoms with Gasteiger partial charge in [0.1, 0.15) is 6.61 Å². The van der Waals surface area contributed by atoms with Crippen LogP contribution in [0.2, 0.25) is 0 Å². The smallest absolute Gasteiger partial charge is 0.435 e. The number of rotatable bonds is 13. The maximum Gasteiger partial charge on any atom is 0.435 e. The Bertz CT molecular complexity index is 1810. The average molecular weight is 692 g/mol. The van der Waals surface area contributed by atoms with Crippen LogP contribution in [0.4, 0.5) is 18.0 Å². The van der Waals surface area contributed by atoms with E-state index in [0.29, 0.717) is 5.56 Å². The maximum absolute atomic E-state index is 13.5. The summed E-state index contributed by atoms with van der Waals surface area (Å²) in [5.74, 6) is -0.675. The lowest BCUT2D eigenvalue weighted by molar-refractivity contribution is -0.224. The minimum absolute atomic E-state index is 0.119. The number of hydrogen-bond donors (Lipinski definition) is 2. The van der Waals surface area contributed by atoms with Crippen molar-refractivity contribution in [1.29, 1.82) is 0 Å². The number of carbonyl (C=O) groups excluding carboxylic acids is 2. The van der Waals surface area contributed by atoms with E-state index in [2.05, 4.69) is 5.10 Å². The maximum atomic E-state index is 13.5. The summed E-state index contributed by atoms with van der Waals surface area (Å²) in [4.78, 5) is 28.8. The van der Waals surface area contributed by atoms with Crippen molar-refractivity contribution in [3.05, 3.63) is 107 Å². The first-order chi connectivity index (χ1) is 22.6. The number of likely N-dealkylation sites (N-methyl/N-ethyl adjacent to an activating group) is 1. The number of nitrogens with one attached hydrogen (secondary N) is 2. The molecule has 0 aliphatic rings. The second kappa shape index (κ2) is 15.4. The van der Waals surface area contributed by atoms with Gasteiger partial charge < -0.3 is 14.7 Å². The van der Waals surface area contributed by atoms with Gasteiger partial charge in [-0.15, -0.1) is 5.59 Å². The molecule has 0 bridgehead atoms. The molecule has 2 N–H and O–H groups in total. The zero-order valence-electron chi connectivity index (χ0n) is 25.7. The highest BCUT2D eigenvalue weighted by atomic mass is 32.2. The molecule has 4 aromatic rings. The third-order valence-electron chi connectivity index (χ3n) is 6.49.